The fourth-order valence-electron chi connectivity index (χ4n) is 7.49. The molecule has 48 heavy (non-hydrogen) atoms. The maximum atomic E-state index is 7.07. The summed E-state index contributed by atoms with van der Waals surface area (Å²) >= 11 is 13.9. The molecule has 6 aromatic carbocycles. The van der Waals surface area contributed by atoms with Crippen LogP contribution in [-0.2, 0) is 49.3 Å². The monoisotopic (exact) mass is 696 g/mol. The molecule has 0 unspecified atom stereocenters. The second-order valence-corrected chi connectivity index (χ2v) is 22.3. The molecule has 0 aliphatic heterocycles. The highest BCUT2D eigenvalue weighted by atomic mass is 32.4. The summed E-state index contributed by atoms with van der Waals surface area (Å²) in [6.07, 6.45) is 3.74. The van der Waals surface area contributed by atoms with Crippen LogP contribution in [0.5, 0.6) is 0 Å². The van der Waals surface area contributed by atoms with Crippen molar-refractivity contribution in [3.8, 4) is 0 Å². The molecule has 6 aromatic rings. The highest BCUT2D eigenvalue weighted by Crippen LogP contribution is 2.47. The fraction of sp³-hybridized carbons (Fsp3) is 0.182. The zero-order valence-corrected chi connectivity index (χ0v) is 31.7. The minimum Gasteiger partial charge on any atom is -0.0826 e. The lowest BCUT2D eigenvalue weighted by Gasteiger charge is -2.30. The number of aryl methyl sites for hydroxylation is 8. The van der Waals surface area contributed by atoms with Crippen molar-refractivity contribution < 1.29 is 0 Å². The molecule has 0 spiro atoms. The first kappa shape index (κ1) is 33.1. The first-order chi connectivity index (χ1) is 23.1. The van der Waals surface area contributed by atoms with Crippen LogP contribution in [0.2, 0.25) is 0 Å². The molecule has 0 atom stereocenters. The molecule has 4 aliphatic carbocycles. The molecular formula is C44H42P2S2. The van der Waals surface area contributed by atoms with E-state index in [0.717, 1.165) is 25.7 Å². The standard InChI is InChI=1S/C44H42P2S2/c1-31-23-32(2)26-41(25-31)46(48,42-27-33(3)24-34(4)28-42)44-30-36-16-20-37-19-15-35(17-21-38(44)22-18-36)29-43(37)45(47,39-11-7-5-8-12-39)40-13-9-6-10-14-40/h5-15,18-19,22-30H,16-17,20-21H2,1-4H3. The van der Waals surface area contributed by atoms with Crippen molar-refractivity contribution in [1.29, 1.82) is 0 Å². The minimum absolute atomic E-state index is 0.932. The van der Waals surface area contributed by atoms with Gasteiger partial charge in [0.2, 0.25) is 0 Å². The van der Waals surface area contributed by atoms with Gasteiger partial charge < -0.3 is 0 Å². The van der Waals surface area contributed by atoms with Gasteiger partial charge in [0.1, 0.15) is 0 Å². The highest BCUT2D eigenvalue weighted by molar-refractivity contribution is 8.26. The van der Waals surface area contributed by atoms with E-state index >= 15 is 0 Å². The lowest BCUT2D eigenvalue weighted by atomic mass is 9.96. The summed E-state index contributed by atoms with van der Waals surface area (Å²) in [5, 5.41) is 7.80. The van der Waals surface area contributed by atoms with Crippen LogP contribution in [0.25, 0.3) is 0 Å². The van der Waals surface area contributed by atoms with E-state index in [1.54, 1.807) is 0 Å². The van der Waals surface area contributed by atoms with Crippen LogP contribution in [-0.4, -0.2) is 0 Å². The number of hydrogen-bond donors (Lipinski definition) is 0. The average molecular weight is 697 g/mol. The number of benzene rings is 6. The van der Waals surface area contributed by atoms with Gasteiger partial charge in [-0.1, -0.05) is 167 Å². The Morgan fingerprint density at radius 2 is 0.729 bits per heavy atom. The molecule has 0 nitrogen and oxygen atoms in total. The Morgan fingerprint density at radius 1 is 0.375 bits per heavy atom. The van der Waals surface area contributed by atoms with E-state index in [1.807, 2.05) is 0 Å². The molecule has 0 aromatic heterocycles. The van der Waals surface area contributed by atoms with Crippen LogP contribution in [0.4, 0.5) is 0 Å². The summed E-state index contributed by atoms with van der Waals surface area (Å²) in [6.45, 7) is 8.81. The van der Waals surface area contributed by atoms with E-state index in [2.05, 4.69) is 161 Å². The molecule has 0 N–H and O–H groups in total. The Hall–Kier alpha value is -3.38. The normalized spacial score (nSPS) is 13.2. The van der Waals surface area contributed by atoms with Crippen molar-refractivity contribution in [2.75, 3.05) is 0 Å². The molecule has 240 valence electrons. The van der Waals surface area contributed by atoms with Gasteiger partial charge in [-0.05, 0) is 120 Å². The van der Waals surface area contributed by atoms with Crippen LogP contribution in [0.15, 0.2) is 133 Å². The Morgan fingerprint density at radius 3 is 1.10 bits per heavy atom. The predicted molar refractivity (Wildman–Crippen MR) is 219 cm³/mol. The van der Waals surface area contributed by atoms with Crippen LogP contribution in [0, 0.1) is 27.7 Å². The van der Waals surface area contributed by atoms with Crippen LogP contribution < -0.4 is 31.8 Å². The first-order valence-corrected chi connectivity index (χ1v) is 22.5. The first-order valence-electron chi connectivity index (χ1n) is 16.9. The van der Waals surface area contributed by atoms with Crippen LogP contribution in [0.3, 0.4) is 0 Å². The molecule has 4 bridgehead atoms. The smallest absolute Gasteiger partial charge is 0.0382 e. The zero-order valence-electron chi connectivity index (χ0n) is 28.2. The van der Waals surface area contributed by atoms with Crippen LogP contribution >= 0.6 is 12.1 Å². The topological polar surface area (TPSA) is 0 Å². The van der Waals surface area contributed by atoms with Crippen LogP contribution in [0.1, 0.15) is 44.5 Å². The maximum absolute atomic E-state index is 7.07. The largest absolute Gasteiger partial charge is 0.0826 e. The Kier molecular flexibility index (Phi) is 9.32. The van der Waals surface area contributed by atoms with E-state index in [9.17, 15) is 0 Å². The highest BCUT2D eigenvalue weighted by Gasteiger charge is 2.31. The van der Waals surface area contributed by atoms with Gasteiger partial charge in [0.15, 0.2) is 0 Å². The summed E-state index contributed by atoms with van der Waals surface area (Å²) in [6, 6.07) is 45.5. The molecule has 4 heteroatoms. The van der Waals surface area contributed by atoms with Crippen molar-refractivity contribution in [2.24, 2.45) is 0 Å². The fourth-order valence-corrected chi connectivity index (χ4v) is 16.2. The quantitative estimate of drug-likeness (QED) is 0.161. The number of hydrogen-bond acceptors (Lipinski definition) is 2. The summed E-state index contributed by atoms with van der Waals surface area (Å²) in [7, 11) is 0. The van der Waals surface area contributed by atoms with Crippen molar-refractivity contribution in [2.45, 2.75) is 53.4 Å². The summed E-state index contributed by atoms with van der Waals surface area (Å²) in [5.74, 6) is 0. The van der Waals surface area contributed by atoms with Gasteiger partial charge in [-0.3, -0.25) is 0 Å². The summed E-state index contributed by atoms with van der Waals surface area (Å²) < 4.78 is 0. The van der Waals surface area contributed by atoms with Gasteiger partial charge in [-0.15, -0.1) is 0 Å². The van der Waals surface area contributed by atoms with Gasteiger partial charge in [0, 0.05) is 12.1 Å². The van der Waals surface area contributed by atoms with Gasteiger partial charge >= 0.3 is 0 Å². The SMILES string of the molecule is Cc1cc(C)cc(P(=S)(c2cc(C)cc(C)c2)c2cc3ccc2CCc2ccc(c(P(=S)(c4ccccc4)c4ccccc4)c2)CC3)c1. The zero-order chi connectivity index (χ0) is 33.5. The summed E-state index contributed by atoms with van der Waals surface area (Å²) in [5.41, 5.74) is 10.5. The van der Waals surface area contributed by atoms with E-state index in [-0.39, 0.29) is 0 Å². The minimum atomic E-state index is -2.37. The van der Waals surface area contributed by atoms with E-state index in [0.29, 0.717) is 0 Å². The maximum Gasteiger partial charge on any atom is 0.0382 e. The molecule has 4 aliphatic rings. The van der Waals surface area contributed by atoms with Crippen molar-refractivity contribution >= 4 is 67.5 Å². The lowest BCUT2D eigenvalue weighted by Crippen LogP contribution is -2.30. The lowest BCUT2D eigenvalue weighted by molar-refractivity contribution is 0.932. The third-order valence-electron chi connectivity index (χ3n) is 9.72. The Balaban J connectivity index is 1.39. The van der Waals surface area contributed by atoms with Crippen molar-refractivity contribution in [3.05, 3.63) is 178 Å². The molecular weight excluding hydrogens is 655 g/mol. The second kappa shape index (κ2) is 13.5. The predicted octanol–water partition coefficient (Wildman–Crippen LogP) is 8.32. The molecule has 0 fully saturated rings. The molecule has 0 saturated heterocycles. The Labute approximate surface area is 297 Å². The molecule has 10 rings (SSSR count). The van der Waals surface area contributed by atoms with E-state index in [4.69, 9.17) is 23.6 Å². The second-order valence-electron chi connectivity index (χ2n) is 13.5. The van der Waals surface area contributed by atoms with Gasteiger partial charge in [-0.2, -0.15) is 0 Å². The number of rotatable bonds is 6. The molecule has 0 saturated carbocycles. The average Bonchev–Trinajstić information content (AvgIpc) is 3.08. The van der Waals surface area contributed by atoms with Crippen molar-refractivity contribution in [3.63, 3.8) is 0 Å². The van der Waals surface area contributed by atoms with Gasteiger partial charge in [-0.25, -0.2) is 0 Å². The Bertz CT molecular complexity index is 2100. The van der Waals surface area contributed by atoms with E-state index < -0.39 is 12.1 Å². The molecule has 0 amide bonds. The third kappa shape index (κ3) is 6.26. The summed E-state index contributed by atoms with van der Waals surface area (Å²) in [4.78, 5) is 0. The van der Waals surface area contributed by atoms with E-state index in [1.165, 1.54) is 76.3 Å². The van der Waals surface area contributed by atoms with Gasteiger partial charge in [0.25, 0.3) is 0 Å². The third-order valence-corrected chi connectivity index (χ3v) is 19.6. The van der Waals surface area contributed by atoms with Gasteiger partial charge in [0.05, 0.1) is 0 Å². The van der Waals surface area contributed by atoms with Crippen molar-refractivity contribution in [1.82, 2.24) is 0 Å². The molecule has 0 heterocycles. The molecule has 0 radical (unpaired) electrons.